The molecule has 3 heterocycles. The second kappa shape index (κ2) is 3.65. The van der Waals surface area contributed by atoms with Crippen LogP contribution in [0, 0.1) is 5.92 Å². The Kier molecular flexibility index (Phi) is 2.31. The third-order valence-corrected chi connectivity index (χ3v) is 3.81. The van der Waals surface area contributed by atoms with E-state index in [0.29, 0.717) is 13.1 Å². The smallest absolute Gasteiger partial charge is 0.163 e. The molecule has 2 aromatic rings. The largest absolute Gasteiger partial charge is 0.386 e. The van der Waals surface area contributed by atoms with E-state index in [1.54, 1.807) is 17.2 Å². The summed E-state index contributed by atoms with van der Waals surface area (Å²) >= 11 is 0. The first-order chi connectivity index (χ1) is 8.51. The van der Waals surface area contributed by atoms with Gasteiger partial charge in [-0.15, -0.1) is 0 Å². The van der Waals surface area contributed by atoms with Gasteiger partial charge in [-0.2, -0.15) is 5.10 Å². The van der Waals surface area contributed by atoms with Crippen LogP contribution in [0.15, 0.2) is 12.5 Å². The molecule has 0 bridgehead atoms. The molecule has 6 heteroatoms. The molecule has 6 nitrogen and oxygen atoms in total. The highest BCUT2D eigenvalue weighted by Crippen LogP contribution is 2.34. The normalized spacial score (nSPS) is 18.4. The summed E-state index contributed by atoms with van der Waals surface area (Å²) in [5.41, 5.74) is 0.222. The van der Waals surface area contributed by atoms with Crippen LogP contribution in [0.4, 0.5) is 5.82 Å². The topological polar surface area (TPSA) is 67.1 Å². The monoisotopic (exact) mass is 247 g/mol. The van der Waals surface area contributed by atoms with Crippen molar-refractivity contribution in [2.75, 3.05) is 18.0 Å². The van der Waals surface area contributed by atoms with E-state index >= 15 is 0 Å². The molecule has 1 saturated heterocycles. The number of hydrogen-bond donors (Lipinski definition) is 1. The van der Waals surface area contributed by atoms with Crippen LogP contribution in [0.25, 0.3) is 11.0 Å². The first kappa shape index (κ1) is 11.4. The first-order valence-corrected chi connectivity index (χ1v) is 6.11. The molecule has 0 saturated carbocycles. The zero-order valence-corrected chi connectivity index (χ0v) is 10.8. The highest BCUT2D eigenvalue weighted by Gasteiger charge is 2.44. The van der Waals surface area contributed by atoms with Gasteiger partial charge in [0.15, 0.2) is 5.65 Å². The zero-order valence-electron chi connectivity index (χ0n) is 10.8. The lowest BCUT2D eigenvalue weighted by Gasteiger charge is -2.49. The molecule has 18 heavy (non-hydrogen) atoms. The van der Waals surface area contributed by atoms with Gasteiger partial charge in [0.05, 0.1) is 24.7 Å². The van der Waals surface area contributed by atoms with Gasteiger partial charge in [-0.3, -0.25) is 4.68 Å². The average molecular weight is 247 g/mol. The standard InChI is InChI=1S/C12H17N5O/c1-8(2)12(18)5-17(6-12)11-9-4-15-16(3)10(9)13-7-14-11/h4,7-8,18H,5-6H2,1-3H3. The van der Waals surface area contributed by atoms with Gasteiger partial charge in [0.2, 0.25) is 0 Å². The van der Waals surface area contributed by atoms with E-state index in [1.165, 1.54) is 0 Å². The van der Waals surface area contributed by atoms with Crippen LogP contribution in [0.5, 0.6) is 0 Å². The van der Waals surface area contributed by atoms with Gasteiger partial charge in [0.25, 0.3) is 0 Å². The van der Waals surface area contributed by atoms with Crippen molar-refractivity contribution in [3.8, 4) is 0 Å². The molecular formula is C12H17N5O. The van der Waals surface area contributed by atoms with E-state index in [-0.39, 0.29) is 5.92 Å². The van der Waals surface area contributed by atoms with Crippen molar-refractivity contribution in [2.45, 2.75) is 19.4 Å². The fraction of sp³-hybridized carbons (Fsp3) is 0.583. The summed E-state index contributed by atoms with van der Waals surface area (Å²) in [6.45, 7) is 5.31. The number of aliphatic hydroxyl groups is 1. The summed E-state index contributed by atoms with van der Waals surface area (Å²) < 4.78 is 1.73. The van der Waals surface area contributed by atoms with Gasteiger partial charge >= 0.3 is 0 Å². The Bertz CT molecular complexity index is 585. The maximum Gasteiger partial charge on any atom is 0.163 e. The number of aryl methyl sites for hydroxylation is 1. The zero-order chi connectivity index (χ0) is 12.9. The van der Waals surface area contributed by atoms with Crippen molar-refractivity contribution < 1.29 is 5.11 Å². The van der Waals surface area contributed by atoms with Crippen molar-refractivity contribution in [2.24, 2.45) is 13.0 Å². The maximum atomic E-state index is 10.3. The molecule has 96 valence electrons. The minimum atomic E-state index is -0.598. The molecule has 0 atom stereocenters. The molecule has 0 aliphatic carbocycles. The van der Waals surface area contributed by atoms with Gasteiger partial charge in [-0.05, 0) is 5.92 Å². The molecule has 2 aromatic heterocycles. The Morgan fingerprint density at radius 2 is 2.06 bits per heavy atom. The molecule has 1 aliphatic rings. The van der Waals surface area contributed by atoms with E-state index in [9.17, 15) is 5.11 Å². The SMILES string of the molecule is CC(C)C1(O)CN(c2ncnc3c2cnn3C)C1. The van der Waals surface area contributed by atoms with Crippen molar-refractivity contribution in [3.05, 3.63) is 12.5 Å². The van der Waals surface area contributed by atoms with Gasteiger partial charge in [0.1, 0.15) is 17.7 Å². The average Bonchev–Trinajstić information content (AvgIpc) is 2.67. The Balaban J connectivity index is 1.93. The van der Waals surface area contributed by atoms with Crippen LogP contribution in [-0.2, 0) is 7.05 Å². The number of β-amino-alcohol motifs (C(OH)–C–C–N with tert-alkyl or cyclic N) is 1. The Morgan fingerprint density at radius 3 is 2.72 bits per heavy atom. The van der Waals surface area contributed by atoms with E-state index in [2.05, 4.69) is 20.0 Å². The fourth-order valence-electron chi connectivity index (χ4n) is 2.33. The summed E-state index contributed by atoms with van der Waals surface area (Å²) in [5.74, 6) is 1.11. The van der Waals surface area contributed by atoms with Crippen molar-refractivity contribution in [3.63, 3.8) is 0 Å². The highest BCUT2D eigenvalue weighted by molar-refractivity contribution is 5.87. The van der Waals surface area contributed by atoms with Crippen LogP contribution in [0.1, 0.15) is 13.8 Å². The molecule has 0 spiro atoms. The summed E-state index contributed by atoms with van der Waals surface area (Å²) in [4.78, 5) is 10.6. The molecule has 0 amide bonds. The lowest BCUT2D eigenvalue weighted by atomic mass is 9.83. The number of aromatic nitrogens is 4. The van der Waals surface area contributed by atoms with Gasteiger partial charge in [-0.1, -0.05) is 13.8 Å². The molecule has 1 aliphatic heterocycles. The molecule has 1 fully saturated rings. The fourth-order valence-corrected chi connectivity index (χ4v) is 2.33. The van der Waals surface area contributed by atoms with Gasteiger partial charge < -0.3 is 10.0 Å². The summed E-state index contributed by atoms with van der Waals surface area (Å²) in [6.07, 6.45) is 3.32. The Hall–Kier alpha value is -1.69. The predicted octanol–water partition coefficient (Wildman–Crippen LogP) is 0.570. The van der Waals surface area contributed by atoms with E-state index in [1.807, 2.05) is 20.9 Å². The molecule has 0 aromatic carbocycles. The minimum absolute atomic E-state index is 0.250. The van der Waals surface area contributed by atoms with Crippen LogP contribution >= 0.6 is 0 Å². The van der Waals surface area contributed by atoms with Crippen LogP contribution in [0.3, 0.4) is 0 Å². The number of anilines is 1. The van der Waals surface area contributed by atoms with Crippen molar-refractivity contribution >= 4 is 16.9 Å². The van der Waals surface area contributed by atoms with Crippen LogP contribution in [-0.4, -0.2) is 43.5 Å². The lowest BCUT2D eigenvalue weighted by molar-refractivity contribution is -0.0303. The summed E-state index contributed by atoms with van der Waals surface area (Å²) in [5, 5.41) is 15.4. The van der Waals surface area contributed by atoms with E-state index in [4.69, 9.17) is 0 Å². The molecule has 0 unspecified atom stereocenters. The third kappa shape index (κ3) is 1.49. The summed E-state index contributed by atoms with van der Waals surface area (Å²) in [7, 11) is 1.86. The number of fused-ring (bicyclic) bond motifs is 1. The number of nitrogens with zero attached hydrogens (tertiary/aromatic N) is 5. The third-order valence-electron chi connectivity index (χ3n) is 3.81. The second-order valence-electron chi connectivity index (χ2n) is 5.32. The predicted molar refractivity (Wildman–Crippen MR) is 68.3 cm³/mol. The van der Waals surface area contributed by atoms with Crippen molar-refractivity contribution in [1.29, 1.82) is 0 Å². The lowest BCUT2D eigenvalue weighted by Crippen LogP contribution is -2.65. The minimum Gasteiger partial charge on any atom is -0.386 e. The summed E-state index contributed by atoms with van der Waals surface area (Å²) in [6, 6.07) is 0. The van der Waals surface area contributed by atoms with Crippen LogP contribution < -0.4 is 4.90 Å². The van der Waals surface area contributed by atoms with Gasteiger partial charge in [-0.25, -0.2) is 9.97 Å². The molecule has 1 N–H and O–H groups in total. The number of hydrogen-bond acceptors (Lipinski definition) is 5. The Morgan fingerprint density at radius 1 is 1.33 bits per heavy atom. The van der Waals surface area contributed by atoms with Crippen molar-refractivity contribution in [1.82, 2.24) is 19.7 Å². The molecular weight excluding hydrogens is 230 g/mol. The molecule has 3 rings (SSSR count). The number of rotatable bonds is 2. The van der Waals surface area contributed by atoms with Gasteiger partial charge in [0, 0.05) is 7.05 Å². The highest BCUT2D eigenvalue weighted by atomic mass is 16.3. The Labute approximate surface area is 105 Å². The first-order valence-electron chi connectivity index (χ1n) is 6.11. The molecule has 0 radical (unpaired) electrons. The van der Waals surface area contributed by atoms with Crippen LogP contribution in [0.2, 0.25) is 0 Å². The van der Waals surface area contributed by atoms with E-state index < -0.39 is 5.60 Å². The maximum absolute atomic E-state index is 10.3. The van der Waals surface area contributed by atoms with E-state index in [0.717, 1.165) is 16.9 Å². The quantitative estimate of drug-likeness (QED) is 0.840. The second-order valence-corrected chi connectivity index (χ2v) is 5.32.